The van der Waals surface area contributed by atoms with Crippen molar-refractivity contribution in [3.05, 3.63) is 18.2 Å². The smallest absolute Gasteiger partial charge is 0.376 e. The molecule has 0 aromatic carbocycles. The maximum absolute atomic E-state index is 11.3. The molecule has 0 aliphatic carbocycles. The first-order valence-corrected chi connectivity index (χ1v) is 4.54. The number of fused-ring (bicyclic) bond motifs is 1. The van der Waals surface area contributed by atoms with Crippen LogP contribution in [0.25, 0.3) is 11.0 Å². The summed E-state index contributed by atoms with van der Waals surface area (Å²) in [6.45, 7) is 2.05. The average molecular weight is 206 g/mol. The molecule has 0 aliphatic heterocycles. The molecule has 0 bridgehead atoms. The molecule has 2 aromatic heterocycles. The van der Waals surface area contributed by atoms with Gasteiger partial charge in [0.1, 0.15) is 0 Å². The molecule has 2 aromatic rings. The molecule has 0 spiro atoms. The zero-order chi connectivity index (χ0) is 10.8. The molecular weight excluding hydrogens is 196 g/mol. The Kier molecular flexibility index (Phi) is 2.32. The normalized spacial score (nSPS) is 10.5. The Morgan fingerprint density at radius 3 is 3.07 bits per heavy atom. The number of aromatic nitrogens is 4. The monoisotopic (exact) mass is 206 g/mol. The minimum Gasteiger partial charge on any atom is -0.460 e. The third-order valence-corrected chi connectivity index (χ3v) is 1.93. The number of esters is 1. The van der Waals surface area contributed by atoms with Crippen molar-refractivity contribution in [2.24, 2.45) is 7.05 Å². The number of hydrogen-bond acceptors (Lipinski definition) is 5. The molecule has 0 aliphatic rings. The lowest BCUT2D eigenvalue weighted by Gasteiger charge is -1.99. The Balaban J connectivity index is 2.45. The van der Waals surface area contributed by atoms with Crippen LogP contribution in [0.2, 0.25) is 0 Å². The average Bonchev–Trinajstić information content (AvgIpc) is 2.60. The van der Waals surface area contributed by atoms with Gasteiger partial charge >= 0.3 is 5.97 Å². The van der Waals surface area contributed by atoms with E-state index in [0.717, 1.165) is 5.39 Å². The van der Waals surface area contributed by atoms with E-state index >= 15 is 0 Å². The van der Waals surface area contributed by atoms with Gasteiger partial charge in [-0.15, -0.1) is 0 Å². The zero-order valence-electron chi connectivity index (χ0n) is 8.47. The molecule has 2 heterocycles. The van der Waals surface area contributed by atoms with E-state index < -0.39 is 5.97 Å². The van der Waals surface area contributed by atoms with Crippen molar-refractivity contribution >= 4 is 17.0 Å². The summed E-state index contributed by atoms with van der Waals surface area (Å²) < 4.78 is 6.38. The summed E-state index contributed by atoms with van der Waals surface area (Å²) >= 11 is 0. The number of carbonyl (C=O) groups is 1. The van der Waals surface area contributed by atoms with E-state index in [4.69, 9.17) is 4.74 Å². The largest absolute Gasteiger partial charge is 0.460 e. The lowest BCUT2D eigenvalue weighted by Crippen LogP contribution is -2.10. The highest BCUT2D eigenvalue weighted by molar-refractivity contribution is 5.87. The minimum atomic E-state index is -0.513. The minimum absolute atomic E-state index is 0.0629. The molecule has 15 heavy (non-hydrogen) atoms. The van der Waals surface area contributed by atoms with Gasteiger partial charge in [-0.2, -0.15) is 5.10 Å². The second kappa shape index (κ2) is 3.64. The summed E-state index contributed by atoms with van der Waals surface area (Å²) in [5.41, 5.74) is 0.619. The molecule has 6 heteroatoms. The van der Waals surface area contributed by atoms with E-state index in [0.29, 0.717) is 12.3 Å². The van der Waals surface area contributed by atoms with E-state index in [1.54, 1.807) is 31.0 Å². The molecule has 0 atom stereocenters. The van der Waals surface area contributed by atoms with E-state index in [-0.39, 0.29) is 5.82 Å². The Labute approximate surface area is 85.9 Å². The summed E-state index contributed by atoms with van der Waals surface area (Å²) in [7, 11) is 1.75. The fourth-order valence-corrected chi connectivity index (χ4v) is 1.23. The van der Waals surface area contributed by atoms with Crippen LogP contribution in [0.3, 0.4) is 0 Å². The molecular formula is C9H10N4O2. The van der Waals surface area contributed by atoms with Crippen LogP contribution in [0.15, 0.2) is 12.4 Å². The molecule has 0 unspecified atom stereocenters. The SMILES string of the molecule is CCOC(=O)c1ncc2cnn(C)c2n1. The summed E-state index contributed by atoms with van der Waals surface area (Å²) in [5, 5.41) is 4.80. The number of hydrogen-bond donors (Lipinski definition) is 0. The van der Waals surface area contributed by atoms with Crippen molar-refractivity contribution in [3.8, 4) is 0 Å². The van der Waals surface area contributed by atoms with Crippen LogP contribution in [-0.2, 0) is 11.8 Å². The number of ether oxygens (including phenoxy) is 1. The topological polar surface area (TPSA) is 69.9 Å². The van der Waals surface area contributed by atoms with Crippen molar-refractivity contribution < 1.29 is 9.53 Å². The summed E-state index contributed by atoms with van der Waals surface area (Å²) in [5.74, 6) is -0.450. The first-order chi connectivity index (χ1) is 7.22. The molecule has 0 radical (unpaired) electrons. The number of carbonyl (C=O) groups excluding carboxylic acids is 1. The van der Waals surface area contributed by atoms with Crippen molar-refractivity contribution in [3.63, 3.8) is 0 Å². The molecule has 0 N–H and O–H groups in total. The van der Waals surface area contributed by atoms with Gasteiger partial charge in [0, 0.05) is 13.2 Å². The van der Waals surface area contributed by atoms with Gasteiger partial charge in [-0.1, -0.05) is 0 Å². The number of nitrogens with zero attached hydrogens (tertiary/aromatic N) is 4. The molecule has 0 saturated heterocycles. The highest BCUT2D eigenvalue weighted by Crippen LogP contribution is 2.08. The highest BCUT2D eigenvalue weighted by atomic mass is 16.5. The third kappa shape index (κ3) is 1.65. The fraction of sp³-hybridized carbons (Fsp3) is 0.333. The Morgan fingerprint density at radius 2 is 2.33 bits per heavy atom. The van der Waals surface area contributed by atoms with Gasteiger partial charge in [0.05, 0.1) is 18.2 Å². The Morgan fingerprint density at radius 1 is 1.53 bits per heavy atom. The van der Waals surface area contributed by atoms with Gasteiger partial charge in [-0.05, 0) is 6.92 Å². The van der Waals surface area contributed by atoms with Crippen LogP contribution in [0, 0.1) is 0 Å². The van der Waals surface area contributed by atoms with E-state index in [1.165, 1.54) is 0 Å². The quantitative estimate of drug-likeness (QED) is 0.671. The maximum Gasteiger partial charge on any atom is 0.376 e. The van der Waals surface area contributed by atoms with Gasteiger partial charge in [0.15, 0.2) is 5.65 Å². The molecule has 6 nitrogen and oxygen atoms in total. The van der Waals surface area contributed by atoms with Gasteiger partial charge in [0.2, 0.25) is 5.82 Å². The number of rotatable bonds is 2. The highest BCUT2D eigenvalue weighted by Gasteiger charge is 2.12. The van der Waals surface area contributed by atoms with E-state index in [2.05, 4.69) is 15.1 Å². The first kappa shape index (κ1) is 9.57. The van der Waals surface area contributed by atoms with Gasteiger partial charge < -0.3 is 4.74 Å². The first-order valence-electron chi connectivity index (χ1n) is 4.54. The molecule has 0 fully saturated rings. The van der Waals surface area contributed by atoms with Gasteiger partial charge in [-0.3, -0.25) is 4.68 Å². The van der Waals surface area contributed by atoms with E-state index in [9.17, 15) is 4.79 Å². The maximum atomic E-state index is 11.3. The fourth-order valence-electron chi connectivity index (χ4n) is 1.23. The lowest BCUT2D eigenvalue weighted by molar-refractivity contribution is 0.0512. The Hall–Kier alpha value is -1.98. The predicted molar refractivity (Wildman–Crippen MR) is 52.3 cm³/mol. The number of aryl methyl sites for hydroxylation is 1. The van der Waals surface area contributed by atoms with Crippen LogP contribution < -0.4 is 0 Å². The third-order valence-electron chi connectivity index (χ3n) is 1.93. The molecule has 0 saturated carbocycles. The van der Waals surface area contributed by atoms with Gasteiger partial charge in [-0.25, -0.2) is 14.8 Å². The van der Waals surface area contributed by atoms with Crippen molar-refractivity contribution in [1.82, 2.24) is 19.7 Å². The summed E-state index contributed by atoms with van der Waals surface area (Å²) in [6.07, 6.45) is 3.20. The second-order valence-corrected chi connectivity index (χ2v) is 2.96. The lowest BCUT2D eigenvalue weighted by atomic mass is 10.4. The van der Waals surface area contributed by atoms with Crippen molar-refractivity contribution in [1.29, 1.82) is 0 Å². The molecule has 78 valence electrons. The van der Waals surface area contributed by atoms with Crippen LogP contribution in [0.1, 0.15) is 17.5 Å². The van der Waals surface area contributed by atoms with Crippen molar-refractivity contribution in [2.75, 3.05) is 6.61 Å². The van der Waals surface area contributed by atoms with Crippen LogP contribution in [0.4, 0.5) is 0 Å². The summed E-state index contributed by atoms with van der Waals surface area (Å²) in [4.78, 5) is 19.3. The molecule has 0 amide bonds. The van der Waals surface area contributed by atoms with E-state index in [1.807, 2.05) is 0 Å². The second-order valence-electron chi connectivity index (χ2n) is 2.96. The van der Waals surface area contributed by atoms with Crippen molar-refractivity contribution in [2.45, 2.75) is 6.92 Å². The Bertz CT molecular complexity index is 506. The standard InChI is InChI=1S/C9H10N4O2/c1-3-15-9(14)7-10-4-6-5-11-13(2)8(6)12-7/h4-5H,3H2,1-2H3. The predicted octanol–water partition coefficient (Wildman–Crippen LogP) is 0.540. The van der Waals surface area contributed by atoms with Crippen LogP contribution in [0.5, 0.6) is 0 Å². The van der Waals surface area contributed by atoms with Crippen LogP contribution in [-0.4, -0.2) is 32.3 Å². The summed E-state index contributed by atoms with van der Waals surface area (Å²) in [6, 6.07) is 0. The zero-order valence-corrected chi connectivity index (χ0v) is 8.47. The van der Waals surface area contributed by atoms with Crippen LogP contribution >= 0.6 is 0 Å². The van der Waals surface area contributed by atoms with Gasteiger partial charge in [0.25, 0.3) is 0 Å². The molecule has 2 rings (SSSR count).